The molecule has 0 aliphatic rings. The molecule has 2 rings (SSSR count). The van der Waals surface area contributed by atoms with Gasteiger partial charge in [0.25, 0.3) is 0 Å². The van der Waals surface area contributed by atoms with Crippen LogP contribution in [0.5, 0.6) is 5.75 Å². The number of anilines is 1. The zero-order chi connectivity index (χ0) is 13.3. The lowest BCUT2D eigenvalue weighted by atomic mass is 10.1. The van der Waals surface area contributed by atoms with E-state index in [4.69, 9.17) is 10.5 Å². The summed E-state index contributed by atoms with van der Waals surface area (Å²) in [7, 11) is 1.56. The normalized spacial score (nSPS) is 10.4. The van der Waals surface area contributed by atoms with Crippen LogP contribution < -0.4 is 10.5 Å². The van der Waals surface area contributed by atoms with Crippen LogP contribution in [0.3, 0.4) is 0 Å². The van der Waals surface area contributed by atoms with Gasteiger partial charge in [-0.15, -0.1) is 11.3 Å². The number of hydrogen-bond acceptors (Lipinski definition) is 4. The van der Waals surface area contributed by atoms with Crippen LogP contribution in [-0.4, -0.2) is 12.9 Å². The number of nitrogens with two attached hydrogens (primary N) is 1. The zero-order valence-corrected chi connectivity index (χ0v) is 12.4. The van der Waals surface area contributed by atoms with E-state index in [2.05, 4.69) is 15.9 Å². The standard InChI is InChI=1S/C13H12BrNO2S/c1-7-5-11(18-13(7)14)12(16)9-6-8(17-2)3-4-10(9)15/h3-6H,15H2,1-2H3. The third kappa shape index (κ3) is 2.42. The van der Waals surface area contributed by atoms with Crippen LogP contribution in [0, 0.1) is 6.92 Å². The number of carbonyl (C=O) groups is 1. The number of rotatable bonds is 3. The summed E-state index contributed by atoms with van der Waals surface area (Å²) in [6, 6.07) is 6.94. The molecule has 0 radical (unpaired) electrons. The van der Waals surface area contributed by atoms with Crippen molar-refractivity contribution in [1.82, 2.24) is 0 Å². The van der Waals surface area contributed by atoms with E-state index in [9.17, 15) is 4.79 Å². The van der Waals surface area contributed by atoms with Crippen molar-refractivity contribution >= 4 is 38.7 Å². The van der Waals surface area contributed by atoms with E-state index in [-0.39, 0.29) is 5.78 Å². The van der Waals surface area contributed by atoms with Gasteiger partial charge in [-0.1, -0.05) is 0 Å². The van der Waals surface area contributed by atoms with Crippen molar-refractivity contribution in [3.63, 3.8) is 0 Å². The Morgan fingerprint density at radius 3 is 2.67 bits per heavy atom. The summed E-state index contributed by atoms with van der Waals surface area (Å²) in [6.07, 6.45) is 0. The summed E-state index contributed by atoms with van der Waals surface area (Å²) in [4.78, 5) is 13.0. The van der Waals surface area contributed by atoms with Crippen LogP contribution in [0.2, 0.25) is 0 Å². The number of benzene rings is 1. The Labute approximate surface area is 118 Å². The maximum atomic E-state index is 12.4. The zero-order valence-electron chi connectivity index (χ0n) is 9.99. The Balaban J connectivity index is 2.45. The smallest absolute Gasteiger partial charge is 0.205 e. The average Bonchev–Trinajstić information content (AvgIpc) is 2.69. The van der Waals surface area contributed by atoms with Crippen molar-refractivity contribution in [1.29, 1.82) is 0 Å². The molecule has 0 aliphatic heterocycles. The molecule has 3 nitrogen and oxygen atoms in total. The number of ether oxygens (including phenoxy) is 1. The first-order valence-corrected chi connectivity index (χ1v) is 6.88. The summed E-state index contributed by atoms with van der Waals surface area (Å²) < 4.78 is 6.08. The third-order valence-corrected chi connectivity index (χ3v) is 4.72. The van der Waals surface area contributed by atoms with E-state index in [0.29, 0.717) is 21.9 Å². The highest BCUT2D eigenvalue weighted by molar-refractivity contribution is 9.11. The summed E-state index contributed by atoms with van der Waals surface area (Å²) in [5.41, 5.74) is 7.83. The van der Waals surface area contributed by atoms with Gasteiger partial charge < -0.3 is 10.5 Å². The van der Waals surface area contributed by atoms with Crippen LogP contribution in [-0.2, 0) is 0 Å². The fourth-order valence-electron chi connectivity index (χ4n) is 1.56. The molecule has 0 unspecified atom stereocenters. The van der Waals surface area contributed by atoms with E-state index in [1.54, 1.807) is 25.3 Å². The molecule has 0 aliphatic carbocycles. The molecular weight excluding hydrogens is 314 g/mol. The highest BCUT2D eigenvalue weighted by Crippen LogP contribution is 2.31. The van der Waals surface area contributed by atoms with Crippen molar-refractivity contribution in [2.75, 3.05) is 12.8 Å². The Hall–Kier alpha value is -1.33. The second-order valence-corrected chi connectivity index (χ2v) is 6.22. The summed E-state index contributed by atoms with van der Waals surface area (Å²) in [6.45, 7) is 1.95. The minimum absolute atomic E-state index is 0.0785. The van der Waals surface area contributed by atoms with Gasteiger partial charge in [-0.2, -0.15) is 0 Å². The SMILES string of the molecule is COc1ccc(N)c(C(=O)c2cc(C)c(Br)s2)c1. The Bertz CT molecular complexity index is 588. The number of ketones is 1. The number of carbonyl (C=O) groups excluding carboxylic acids is 1. The first-order valence-electron chi connectivity index (χ1n) is 5.27. The average molecular weight is 326 g/mol. The van der Waals surface area contributed by atoms with Crippen molar-refractivity contribution < 1.29 is 9.53 Å². The van der Waals surface area contributed by atoms with Crippen molar-refractivity contribution in [3.8, 4) is 5.75 Å². The molecule has 0 saturated carbocycles. The molecule has 0 bridgehead atoms. The van der Waals surface area contributed by atoms with Crippen LogP contribution in [0.1, 0.15) is 20.8 Å². The van der Waals surface area contributed by atoms with Gasteiger partial charge in [0.05, 0.1) is 15.8 Å². The first-order chi connectivity index (χ1) is 8.52. The monoisotopic (exact) mass is 325 g/mol. The van der Waals surface area contributed by atoms with E-state index in [1.807, 2.05) is 13.0 Å². The van der Waals surface area contributed by atoms with Gasteiger partial charge >= 0.3 is 0 Å². The Morgan fingerprint density at radius 1 is 1.39 bits per heavy atom. The summed E-state index contributed by atoms with van der Waals surface area (Å²) >= 11 is 4.82. The van der Waals surface area contributed by atoms with E-state index in [0.717, 1.165) is 9.35 Å². The number of aryl methyl sites for hydroxylation is 1. The van der Waals surface area contributed by atoms with Gasteiger partial charge in [0.1, 0.15) is 5.75 Å². The van der Waals surface area contributed by atoms with E-state index >= 15 is 0 Å². The number of halogens is 1. The van der Waals surface area contributed by atoms with Gasteiger partial charge in [0.2, 0.25) is 5.78 Å². The lowest BCUT2D eigenvalue weighted by Crippen LogP contribution is -2.04. The second-order valence-electron chi connectivity index (χ2n) is 3.85. The van der Waals surface area contributed by atoms with Crippen LogP contribution >= 0.6 is 27.3 Å². The molecule has 1 aromatic carbocycles. The topological polar surface area (TPSA) is 52.3 Å². The molecule has 1 heterocycles. The lowest BCUT2D eigenvalue weighted by molar-refractivity contribution is 0.104. The molecular formula is C13H12BrNO2S. The van der Waals surface area contributed by atoms with Crippen LogP contribution in [0.15, 0.2) is 28.1 Å². The van der Waals surface area contributed by atoms with E-state index < -0.39 is 0 Å². The molecule has 0 fully saturated rings. The molecule has 0 saturated heterocycles. The molecule has 1 aromatic heterocycles. The molecule has 18 heavy (non-hydrogen) atoms. The highest BCUT2D eigenvalue weighted by Gasteiger charge is 2.16. The fourth-order valence-corrected chi connectivity index (χ4v) is 3.05. The molecule has 0 spiro atoms. The molecule has 0 atom stereocenters. The van der Waals surface area contributed by atoms with Gasteiger partial charge in [-0.3, -0.25) is 4.79 Å². The van der Waals surface area contributed by atoms with Gasteiger partial charge in [0, 0.05) is 11.3 Å². The number of thiophene rings is 1. The first kappa shape index (κ1) is 13.1. The predicted octanol–water partition coefficient (Wildman–Crippen LogP) is 3.64. The van der Waals surface area contributed by atoms with Crippen molar-refractivity contribution in [2.45, 2.75) is 6.92 Å². The van der Waals surface area contributed by atoms with Crippen molar-refractivity contribution in [2.24, 2.45) is 0 Å². The highest BCUT2D eigenvalue weighted by atomic mass is 79.9. The predicted molar refractivity (Wildman–Crippen MR) is 77.6 cm³/mol. The number of methoxy groups -OCH3 is 1. The molecule has 94 valence electrons. The van der Waals surface area contributed by atoms with Crippen molar-refractivity contribution in [3.05, 3.63) is 44.1 Å². The lowest BCUT2D eigenvalue weighted by Gasteiger charge is -2.06. The summed E-state index contributed by atoms with van der Waals surface area (Å²) in [5, 5.41) is 0. The molecule has 2 N–H and O–H groups in total. The minimum Gasteiger partial charge on any atom is -0.497 e. The molecule has 5 heteroatoms. The minimum atomic E-state index is -0.0785. The van der Waals surface area contributed by atoms with Gasteiger partial charge in [-0.25, -0.2) is 0 Å². The summed E-state index contributed by atoms with van der Waals surface area (Å²) in [5.74, 6) is 0.546. The molecule has 0 amide bonds. The van der Waals surface area contributed by atoms with Crippen LogP contribution in [0.4, 0.5) is 5.69 Å². The quantitative estimate of drug-likeness (QED) is 0.692. The maximum Gasteiger partial charge on any atom is 0.205 e. The molecule has 2 aromatic rings. The van der Waals surface area contributed by atoms with Gasteiger partial charge in [0.15, 0.2) is 0 Å². The number of hydrogen-bond donors (Lipinski definition) is 1. The van der Waals surface area contributed by atoms with Gasteiger partial charge in [-0.05, 0) is 52.7 Å². The maximum absolute atomic E-state index is 12.4. The third-order valence-electron chi connectivity index (χ3n) is 2.59. The second kappa shape index (κ2) is 5.12. The Morgan fingerprint density at radius 2 is 2.11 bits per heavy atom. The van der Waals surface area contributed by atoms with Crippen LogP contribution in [0.25, 0.3) is 0 Å². The fraction of sp³-hybridized carbons (Fsp3) is 0.154. The largest absolute Gasteiger partial charge is 0.497 e. The Kier molecular flexibility index (Phi) is 3.73. The van der Waals surface area contributed by atoms with E-state index in [1.165, 1.54) is 11.3 Å². The number of nitrogen functional groups attached to an aromatic ring is 1.